The molecule has 0 saturated heterocycles. The van der Waals surface area contributed by atoms with E-state index in [9.17, 15) is 19.5 Å². The highest BCUT2D eigenvalue weighted by Crippen LogP contribution is 2.22. The maximum Gasteiger partial charge on any atom is 0.354 e. The van der Waals surface area contributed by atoms with E-state index in [0.717, 1.165) is 10.1 Å². The molecule has 0 aliphatic heterocycles. The topological polar surface area (TPSA) is 141 Å². The molecular formula is C25H23ClN6O5. The van der Waals surface area contributed by atoms with Crippen LogP contribution in [-0.4, -0.2) is 35.2 Å². The molecule has 2 N–H and O–H groups in total. The monoisotopic (exact) mass is 522 g/mol. The molecule has 4 aromatic rings. The van der Waals surface area contributed by atoms with E-state index < -0.39 is 22.8 Å². The lowest BCUT2D eigenvalue weighted by molar-refractivity contribution is -0.147. The molecule has 190 valence electrons. The second-order valence-corrected chi connectivity index (χ2v) is 9.21. The Balaban J connectivity index is 1.69. The number of carbonyl (C=O) groups is 1. The lowest BCUT2D eigenvalue weighted by atomic mass is 9.94. The van der Waals surface area contributed by atoms with E-state index in [2.05, 4.69) is 20.3 Å². The number of hydrogen-bond acceptors (Lipinski definition) is 8. The Labute approximate surface area is 216 Å². The normalized spacial score (nSPS) is 11.2. The van der Waals surface area contributed by atoms with Crippen molar-refractivity contribution < 1.29 is 14.6 Å². The summed E-state index contributed by atoms with van der Waals surface area (Å²) in [5, 5.41) is 13.0. The maximum atomic E-state index is 13.4. The van der Waals surface area contributed by atoms with Gasteiger partial charge in [-0.3, -0.25) is 9.36 Å². The van der Waals surface area contributed by atoms with Crippen molar-refractivity contribution >= 4 is 29.2 Å². The number of nitrogens with zero attached hydrogens (tertiary/aromatic N) is 5. The van der Waals surface area contributed by atoms with E-state index in [1.54, 1.807) is 67.0 Å². The molecule has 2 aromatic heterocycles. The fraction of sp³-hybridized carbons (Fsp3) is 0.200. The number of ether oxygens (including phenoxy) is 1. The van der Waals surface area contributed by atoms with Crippen LogP contribution in [0.5, 0.6) is 11.8 Å². The average molecular weight is 523 g/mol. The predicted octanol–water partition coefficient (Wildman–Crippen LogP) is 3.54. The van der Waals surface area contributed by atoms with E-state index in [1.165, 1.54) is 18.4 Å². The van der Waals surface area contributed by atoms with Gasteiger partial charge in [-0.2, -0.15) is 4.98 Å². The number of rotatable bonds is 9. The van der Waals surface area contributed by atoms with Crippen molar-refractivity contribution in [2.75, 3.05) is 5.32 Å². The molecule has 0 saturated carbocycles. The summed E-state index contributed by atoms with van der Waals surface area (Å²) in [5.74, 6) is -0.669. The largest absolute Gasteiger partial charge is 0.481 e. The zero-order valence-corrected chi connectivity index (χ0v) is 20.7. The molecule has 0 atom stereocenters. The smallest absolute Gasteiger partial charge is 0.354 e. The first-order valence-electron chi connectivity index (χ1n) is 11.1. The zero-order chi connectivity index (χ0) is 26.6. The van der Waals surface area contributed by atoms with Crippen LogP contribution in [0.25, 0.3) is 0 Å². The number of carboxylic acids is 1. The quantitative estimate of drug-likeness (QED) is 0.337. The van der Waals surface area contributed by atoms with E-state index in [4.69, 9.17) is 16.3 Å². The van der Waals surface area contributed by atoms with Crippen molar-refractivity contribution in [3.63, 3.8) is 0 Å². The van der Waals surface area contributed by atoms with Crippen LogP contribution in [0.15, 0.2) is 76.6 Å². The molecule has 0 radical (unpaired) electrons. The molecular weight excluding hydrogens is 500 g/mol. The van der Waals surface area contributed by atoms with Gasteiger partial charge in [-0.05, 0) is 61.9 Å². The van der Waals surface area contributed by atoms with Crippen LogP contribution in [0.3, 0.4) is 0 Å². The Morgan fingerprint density at radius 3 is 2.30 bits per heavy atom. The highest BCUT2D eigenvalue weighted by atomic mass is 35.5. The van der Waals surface area contributed by atoms with Crippen LogP contribution in [-0.2, 0) is 17.9 Å². The molecule has 4 rings (SSSR count). The van der Waals surface area contributed by atoms with E-state index in [0.29, 0.717) is 16.5 Å². The van der Waals surface area contributed by atoms with Gasteiger partial charge in [0.15, 0.2) is 0 Å². The van der Waals surface area contributed by atoms with Gasteiger partial charge in [0.1, 0.15) is 5.75 Å². The van der Waals surface area contributed by atoms with Gasteiger partial charge in [-0.25, -0.2) is 24.1 Å². The van der Waals surface area contributed by atoms with Crippen LogP contribution in [0.2, 0.25) is 5.02 Å². The van der Waals surface area contributed by atoms with Crippen LogP contribution >= 0.6 is 11.6 Å². The Morgan fingerprint density at radius 2 is 1.68 bits per heavy atom. The summed E-state index contributed by atoms with van der Waals surface area (Å²) in [4.78, 5) is 49.9. The number of benzene rings is 2. The SMILES string of the molecule is CC(C)(Cn1c(=O)nc(Nc2ccc(Oc3ncccn3)cc2)n(Cc2ccc(Cl)cc2)c1=O)C(=O)O. The van der Waals surface area contributed by atoms with Gasteiger partial charge in [0.05, 0.1) is 12.0 Å². The molecule has 2 aromatic carbocycles. The summed E-state index contributed by atoms with van der Waals surface area (Å²) >= 11 is 5.98. The number of nitrogens with one attached hydrogen (secondary N) is 1. The van der Waals surface area contributed by atoms with Crippen molar-refractivity contribution in [3.05, 3.63) is 98.5 Å². The molecule has 0 amide bonds. The Kier molecular flexibility index (Phi) is 7.35. The summed E-state index contributed by atoms with van der Waals surface area (Å²) in [7, 11) is 0. The summed E-state index contributed by atoms with van der Waals surface area (Å²) in [5.41, 5.74) is -1.68. The highest BCUT2D eigenvalue weighted by molar-refractivity contribution is 6.30. The second kappa shape index (κ2) is 10.6. The number of carboxylic acid groups (broad SMARTS) is 1. The minimum Gasteiger partial charge on any atom is -0.481 e. The molecule has 0 bridgehead atoms. The molecule has 0 unspecified atom stereocenters. The van der Waals surface area contributed by atoms with Gasteiger partial charge in [-0.1, -0.05) is 23.7 Å². The lowest BCUT2D eigenvalue weighted by Gasteiger charge is -2.21. The summed E-state index contributed by atoms with van der Waals surface area (Å²) in [6.45, 7) is 2.58. The third-order valence-electron chi connectivity index (χ3n) is 5.40. The number of aliphatic carboxylic acids is 1. The fourth-order valence-corrected chi connectivity index (χ4v) is 3.44. The van der Waals surface area contributed by atoms with Crippen molar-refractivity contribution in [1.82, 2.24) is 24.1 Å². The minimum absolute atomic E-state index is 0.00519. The Bertz CT molecular complexity index is 1520. The van der Waals surface area contributed by atoms with Crippen LogP contribution < -0.4 is 21.4 Å². The first kappa shape index (κ1) is 25.6. The molecule has 0 aliphatic rings. The van der Waals surface area contributed by atoms with Crippen LogP contribution in [0, 0.1) is 5.41 Å². The van der Waals surface area contributed by atoms with E-state index >= 15 is 0 Å². The molecule has 0 aliphatic carbocycles. The fourth-order valence-electron chi connectivity index (χ4n) is 3.32. The summed E-state index contributed by atoms with van der Waals surface area (Å²) in [6, 6.07) is 15.4. The van der Waals surface area contributed by atoms with E-state index in [-0.39, 0.29) is 25.0 Å². The Hall–Kier alpha value is -4.51. The minimum atomic E-state index is -1.37. The maximum absolute atomic E-state index is 13.4. The van der Waals surface area contributed by atoms with Gasteiger partial charge in [0, 0.05) is 29.6 Å². The first-order valence-corrected chi connectivity index (χ1v) is 11.5. The van der Waals surface area contributed by atoms with Gasteiger partial charge >= 0.3 is 23.4 Å². The van der Waals surface area contributed by atoms with E-state index in [1.807, 2.05) is 0 Å². The summed E-state index contributed by atoms with van der Waals surface area (Å²) < 4.78 is 7.68. The predicted molar refractivity (Wildman–Crippen MR) is 137 cm³/mol. The molecule has 12 heteroatoms. The summed E-state index contributed by atoms with van der Waals surface area (Å²) in [6.07, 6.45) is 3.12. The van der Waals surface area contributed by atoms with Gasteiger partial charge < -0.3 is 15.2 Å². The van der Waals surface area contributed by atoms with Gasteiger partial charge in [0.2, 0.25) is 5.95 Å². The standard InChI is InChI=1S/C25H23ClN6O5/c1-25(2,20(33)34)15-32-23(35)30-21(31(24(32)36)14-16-4-6-17(26)7-5-16)29-18-8-10-19(11-9-18)37-22-27-12-3-13-28-22/h3-13H,14-15H2,1-2H3,(H,33,34)(H,29,30,35). The third kappa shape index (κ3) is 6.19. The molecule has 0 spiro atoms. The Morgan fingerprint density at radius 1 is 1.03 bits per heavy atom. The van der Waals surface area contributed by atoms with Crippen molar-refractivity contribution in [2.24, 2.45) is 5.41 Å². The number of anilines is 2. The molecule has 37 heavy (non-hydrogen) atoms. The molecule has 11 nitrogen and oxygen atoms in total. The van der Waals surface area contributed by atoms with Crippen LogP contribution in [0.1, 0.15) is 19.4 Å². The second-order valence-electron chi connectivity index (χ2n) is 8.77. The third-order valence-corrected chi connectivity index (χ3v) is 5.65. The number of aromatic nitrogens is 5. The van der Waals surface area contributed by atoms with Gasteiger partial charge in [0.25, 0.3) is 0 Å². The molecule has 2 heterocycles. The number of hydrogen-bond donors (Lipinski definition) is 2. The molecule has 0 fully saturated rings. The van der Waals surface area contributed by atoms with Crippen LogP contribution in [0.4, 0.5) is 11.6 Å². The lowest BCUT2D eigenvalue weighted by Crippen LogP contribution is -2.46. The van der Waals surface area contributed by atoms with Crippen molar-refractivity contribution in [1.29, 1.82) is 0 Å². The van der Waals surface area contributed by atoms with Crippen molar-refractivity contribution in [2.45, 2.75) is 26.9 Å². The van der Waals surface area contributed by atoms with Gasteiger partial charge in [-0.15, -0.1) is 0 Å². The van der Waals surface area contributed by atoms with Crippen molar-refractivity contribution in [3.8, 4) is 11.8 Å². The average Bonchev–Trinajstić information content (AvgIpc) is 2.87. The first-order chi connectivity index (χ1) is 17.6. The highest BCUT2D eigenvalue weighted by Gasteiger charge is 2.30. The number of halogens is 1. The zero-order valence-electron chi connectivity index (χ0n) is 20.0.